The molecule has 0 saturated carbocycles. The summed E-state index contributed by atoms with van der Waals surface area (Å²) in [6, 6.07) is 18.0. The first-order valence-electron chi connectivity index (χ1n) is 9.03. The molecule has 3 aromatic rings. The monoisotopic (exact) mass is 350 g/mol. The first kappa shape index (κ1) is 18.1. The fourth-order valence-corrected chi connectivity index (χ4v) is 3.02. The molecule has 1 aromatic heterocycles. The molecule has 5 nitrogen and oxygen atoms in total. The molecule has 136 valence electrons. The number of para-hydroxylation sites is 2. The highest BCUT2D eigenvalue weighted by Gasteiger charge is 2.11. The third kappa shape index (κ3) is 4.70. The molecule has 26 heavy (non-hydrogen) atoms. The van der Waals surface area contributed by atoms with E-state index < -0.39 is 0 Å². The number of amides is 1. The molecule has 0 unspecified atom stereocenters. The summed E-state index contributed by atoms with van der Waals surface area (Å²) in [6.45, 7) is 2.44. The van der Waals surface area contributed by atoms with Crippen LogP contribution in [0.25, 0.3) is 11.0 Å². The standard InChI is InChI=1S/C21H26N4O/c1-24(2)14-15-25-19-11-7-6-10-18(19)23-20(25)12-13-22-21(26)16-17-8-4-3-5-9-17/h3-11H,12-16H2,1-2H3,(H,22,26). The fraction of sp³-hybridized carbons (Fsp3) is 0.333. The summed E-state index contributed by atoms with van der Waals surface area (Å²) in [5, 5.41) is 3.01. The van der Waals surface area contributed by atoms with Crippen molar-refractivity contribution in [2.45, 2.75) is 19.4 Å². The predicted molar refractivity (Wildman–Crippen MR) is 105 cm³/mol. The number of benzene rings is 2. The van der Waals surface area contributed by atoms with Gasteiger partial charge in [0.15, 0.2) is 0 Å². The van der Waals surface area contributed by atoms with Gasteiger partial charge in [-0.1, -0.05) is 42.5 Å². The molecule has 0 atom stereocenters. The second-order valence-electron chi connectivity index (χ2n) is 6.73. The number of carbonyl (C=O) groups excluding carboxylic acids is 1. The summed E-state index contributed by atoms with van der Waals surface area (Å²) in [6.07, 6.45) is 1.14. The van der Waals surface area contributed by atoms with E-state index in [0.29, 0.717) is 13.0 Å². The van der Waals surface area contributed by atoms with Gasteiger partial charge in [0.25, 0.3) is 0 Å². The van der Waals surface area contributed by atoms with E-state index in [1.165, 1.54) is 0 Å². The van der Waals surface area contributed by atoms with Crippen LogP contribution in [0.15, 0.2) is 54.6 Å². The average molecular weight is 350 g/mol. The summed E-state index contributed by atoms with van der Waals surface area (Å²) < 4.78 is 2.26. The molecule has 3 rings (SSSR count). The Bertz CT molecular complexity index is 855. The Morgan fingerprint density at radius 1 is 1.08 bits per heavy atom. The van der Waals surface area contributed by atoms with Crippen molar-refractivity contribution in [3.05, 3.63) is 66.0 Å². The second-order valence-corrected chi connectivity index (χ2v) is 6.73. The van der Waals surface area contributed by atoms with Gasteiger partial charge in [-0.25, -0.2) is 4.98 Å². The topological polar surface area (TPSA) is 50.2 Å². The van der Waals surface area contributed by atoms with Crippen LogP contribution in [0.1, 0.15) is 11.4 Å². The maximum Gasteiger partial charge on any atom is 0.224 e. The van der Waals surface area contributed by atoms with Gasteiger partial charge in [0.1, 0.15) is 5.82 Å². The summed E-state index contributed by atoms with van der Waals surface area (Å²) in [5.41, 5.74) is 3.19. The van der Waals surface area contributed by atoms with Crippen LogP contribution in [0.2, 0.25) is 0 Å². The van der Waals surface area contributed by atoms with E-state index >= 15 is 0 Å². The minimum atomic E-state index is 0.0483. The number of rotatable bonds is 8. The zero-order chi connectivity index (χ0) is 18.4. The first-order valence-corrected chi connectivity index (χ1v) is 9.03. The lowest BCUT2D eigenvalue weighted by Crippen LogP contribution is -2.28. The Kier molecular flexibility index (Phi) is 6.02. The van der Waals surface area contributed by atoms with Crippen LogP contribution in [0.3, 0.4) is 0 Å². The highest BCUT2D eigenvalue weighted by atomic mass is 16.1. The third-order valence-corrected chi connectivity index (χ3v) is 4.38. The SMILES string of the molecule is CN(C)CCn1c(CCNC(=O)Cc2ccccc2)nc2ccccc21. The maximum atomic E-state index is 12.1. The van der Waals surface area contributed by atoms with Crippen LogP contribution in [-0.4, -0.2) is 47.5 Å². The Balaban J connectivity index is 1.62. The van der Waals surface area contributed by atoms with Crippen molar-refractivity contribution in [2.75, 3.05) is 27.2 Å². The molecular formula is C21H26N4O. The number of imidazole rings is 1. The van der Waals surface area contributed by atoms with Crippen LogP contribution < -0.4 is 5.32 Å². The summed E-state index contributed by atoms with van der Waals surface area (Å²) in [7, 11) is 4.14. The quantitative estimate of drug-likeness (QED) is 0.679. The van der Waals surface area contributed by atoms with Crippen molar-refractivity contribution in [3.63, 3.8) is 0 Å². The Labute approximate surface area is 154 Å². The van der Waals surface area contributed by atoms with E-state index in [1.54, 1.807) is 0 Å². The molecule has 1 amide bonds. The van der Waals surface area contributed by atoms with Gasteiger partial charge in [-0.05, 0) is 31.8 Å². The van der Waals surface area contributed by atoms with E-state index in [2.05, 4.69) is 34.9 Å². The summed E-state index contributed by atoms with van der Waals surface area (Å²) >= 11 is 0. The van der Waals surface area contributed by atoms with E-state index in [9.17, 15) is 4.79 Å². The number of fused-ring (bicyclic) bond motifs is 1. The lowest BCUT2D eigenvalue weighted by atomic mass is 10.1. The van der Waals surface area contributed by atoms with Crippen molar-refractivity contribution in [3.8, 4) is 0 Å². The van der Waals surface area contributed by atoms with E-state index in [-0.39, 0.29) is 5.91 Å². The summed E-state index contributed by atoms with van der Waals surface area (Å²) in [4.78, 5) is 19.1. The molecule has 0 aliphatic carbocycles. The highest BCUT2D eigenvalue weighted by molar-refractivity contribution is 5.78. The fourth-order valence-electron chi connectivity index (χ4n) is 3.02. The minimum absolute atomic E-state index is 0.0483. The number of nitrogens with one attached hydrogen (secondary N) is 1. The molecule has 0 aliphatic heterocycles. The zero-order valence-electron chi connectivity index (χ0n) is 15.5. The van der Waals surface area contributed by atoms with Crippen molar-refractivity contribution < 1.29 is 4.79 Å². The molecule has 1 heterocycles. The van der Waals surface area contributed by atoms with Gasteiger partial charge in [0.05, 0.1) is 17.5 Å². The van der Waals surface area contributed by atoms with Gasteiger partial charge in [-0.15, -0.1) is 0 Å². The van der Waals surface area contributed by atoms with E-state index in [0.717, 1.165) is 41.9 Å². The van der Waals surface area contributed by atoms with Crippen molar-refractivity contribution in [1.82, 2.24) is 19.8 Å². The zero-order valence-corrected chi connectivity index (χ0v) is 15.5. The summed E-state index contributed by atoms with van der Waals surface area (Å²) in [5.74, 6) is 1.07. The number of aromatic nitrogens is 2. The number of likely N-dealkylation sites (N-methyl/N-ethyl adjacent to an activating group) is 1. The van der Waals surface area contributed by atoms with Crippen LogP contribution in [0.5, 0.6) is 0 Å². The largest absolute Gasteiger partial charge is 0.355 e. The van der Waals surface area contributed by atoms with Gasteiger partial charge in [-0.2, -0.15) is 0 Å². The number of carbonyl (C=O) groups is 1. The first-order chi connectivity index (χ1) is 12.6. The molecule has 0 radical (unpaired) electrons. The van der Waals surface area contributed by atoms with Gasteiger partial charge >= 0.3 is 0 Å². The maximum absolute atomic E-state index is 12.1. The molecule has 0 fully saturated rings. The third-order valence-electron chi connectivity index (χ3n) is 4.38. The lowest BCUT2D eigenvalue weighted by Gasteiger charge is -2.13. The minimum Gasteiger partial charge on any atom is -0.355 e. The molecule has 2 aromatic carbocycles. The van der Waals surface area contributed by atoms with Crippen molar-refractivity contribution >= 4 is 16.9 Å². The second kappa shape index (κ2) is 8.63. The van der Waals surface area contributed by atoms with Crippen LogP contribution >= 0.6 is 0 Å². The molecule has 0 aliphatic rings. The van der Waals surface area contributed by atoms with Crippen LogP contribution in [0.4, 0.5) is 0 Å². The van der Waals surface area contributed by atoms with E-state index in [1.807, 2.05) is 48.5 Å². The predicted octanol–water partition coefficient (Wildman–Crippen LogP) is 2.50. The van der Waals surface area contributed by atoms with Gasteiger partial charge < -0.3 is 14.8 Å². The highest BCUT2D eigenvalue weighted by Crippen LogP contribution is 2.16. The Morgan fingerprint density at radius 3 is 2.58 bits per heavy atom. The Morgan fingerprint density at radius 2 is 1.81 bits per heavy atom. The van der Waals surface area contributed by atoms with Gasteiger partial charge in [0, 0.05) is 26.1 Å². The Hall–Kier alpha value is -2.66. The molecule has 1 N–H and O–H groups in total. The molecule has 0 spiro atoms. The van der Waals surface area contributed by atoms with Crippen molar-refractivity contribution in [2.24, 2.45) is 0 Å². The number of hydrogen-bond donors (Lipinski definition) is 1. The van der Waals surface area contributed by atoms with Crippen molar-refractivity contribution in [1.29, 1.82) is 0 Å². The molecular weight excluding hydrogens is 324 g/mol. The smallest absolute Gasteiger partial charge is 0.224 e. The van der Waals surface area contributed by atoms with Crippen LogP contribution in [0, 0.1) is 0 Å². The lowest BCUT2D eigenvalue weighted by molar-refractivity contribution is -0.120. The van der Waals surface area contributed by atoms with Crippen LogP contribution in [-0.2, 0) is 24.2 Å². The molecule has 5 heteroatoms. The van der Waals surface area contributed by atoms with E-state index in [4.69, 9.17) is 4.98 Å². The number of hydrogen-bond acceptors (Lipinski definition) is 3. The normalized spacial score (nSPS) is 11.2. The average Bonchev–Trinajstić information content (AvgIpc) is 2.98. The molecule has 0 bridgehead atoms. The molecule has 0 saturated heterocycles. The number of nitrogens with zero attached hydrogens (tertiary/aromatic N) is 3. The van der Waals surface area contributed by atoms with Gasteiger partial charge in [-0.3, -0.25) is 4.79 Å². The van der Waals surface area contributed by atoms with Gasteiger partial charge in [0.2, 0.25) is 5.91 Å².